The summed E-state index contributed by atoms with van der Waals surface area (Å²) in [5.41, 5.74) is 0.815. The van der Waals surface area contributed by atoms with Crippen LogP contribution in [0.3, 0.4) is 0 Å². The minimum Gasteiger partial charge on any atom is -0.289 e. The molecule has 13 heavy (non-hydrogen) atoms. The van der Waals surface area contributed by atoms with Crippen LogP contribution in [0.1, 0.15) is 37.0 Å². The largest absolute Gasteiger partial charge is 0.289 e. The molecule has 0 aliphatic carbocycles. The number of rotatable bonds is 4. The van der Waals surface area contributed by atoms with E-state index in [0.29, 0.717) is 6.42 Å². The molecule has 0 aliphatic rings. The van der Waals surface area contributed by atoms with Gasteiger partial charge in [0.1, 0.15) is 0 Å². The zero-order chi connectivity index (χ0) is 9.68. The number of benzene rings is 1. The van der Waals surface area contributed by atoms with Gasteiger partial charge in [0.2, 0.25) is 5.78 Å². The lowest BCUT2D eigenvalue weighted by molar-refractivity contribution is 0.0986. The molecule has 0 atom stereocenters. The summed E-state index contributed by atoms with van der Waals surface area (Å²) in [6.45, 7) is 4.11. The molecule has 0 bridgehead atoms. The highest BCUT2D eigenvalue weighted by molar-refractivity contribution is 5.97. The van der Waals surface area contributed by atoms with Crippen LogP contribution in [0.4, 0.5) is 0 Å². The van der Waals surface area contributed by atoms with Crippen LogP contribution in [-0.4, -0.2) is 5.78 Å². The first kappa shape index (κ1) is 9.85. The summed E-state index contributed by atoms with van der Waals surface area (Å²) in [7, 11) is 0. The maximum absolute atomic E-state index is 11.6. The second-order valence-electron chi connectivity index (χ2n) is 3.28. The number of hydrogen-bond donors (Lipinski definition) is 0. The van der Waals surface area contributed by atoms with Crippen LogP contribution in [-0.2, 0) is 0 Å². The van der Waals surface area contributed by atoms with Crippen molar-refractivity contribution in [3.05, 3.63) is 41.8 Å². The van der Waals surface area contributed by atoms with Gasteiger partial charge in [-0.3, -0.25) is 4.79 Å². The highest BCUT2D eigenvalue weighted by atomic mass is 16.1. The summed E-state index contributed by atoms with van der Waals surface area (Å²) >= 11 is 0. The molecule has 68 valence electrons. The van der Waals surface area contributed by atoms with E-state index in [4.69, 9.17) is 0 Å². The molecule has 0 saturated heterocycles. The molecule has 0 aliphatic heterocycles. The Labute approximate surface area is 79.8 Å². The van der Waals surface area contributed by atoms with Gasteiger partial charge in [-0.25, -0.2) is 0 Å². The molecule has 1 aromatic rings. The molecule has 1 heteroatoms. The topological polar surface area (TPSA) is 17.1 Å². The average molecular weight is 175 g/mol. The normalized spacial score (nSPS) is 9.69. The molecular formula is C12H15O+. The third kappa shape index (κ3) is 2.94. The Hall–Kier alpha value is -1.24. The van der Waals surface area contributed by atoms with Crippen molar-refractivity contribution < 1.29 is 4.79 Å². The van der Waals surface area contributed by atoms with Crippen molar-refractivity contribution in [2.75, 3.05) is 0 Å². The summed E-state index contributed by atoms with van der Waals surface area (Å²) in [5, 5.41) is 0. The van der Waals surface area contributed by atoms with E-state index in [-0.39, 0.29) is 5.78 Å². The van der Waals surface area contributed by atoms with Crippen molar-refractivity contribution in [2.45, 2.75) is 26.7 Å². The lowest BCUT2D eigenvalue weighted by atomic mass is 9.98. The summed E-state index contributed by atoms with van der Waals surface area (Å²) in [6, 6.07) is 9.45. The first-order valence-electron chi connectivity index (χ1n) is 4.63. The predicted molar refractivity (Wildman–Crippen MR) is 54.6 cm³/mol. The SMILES string of the molecule is CC[C+](C)CC(=O)c1ccccc1. The van der Waals surface area contributed by atoms with Gasteiger partial charge in [-0.15, -0.1) is 0 Å². The van der Waals surface area contributed by atoms with Crippen molar-refractivity contribution in [2.24, 2.45) is 0 Å². The zero-order valence-electron chi connectivity index (χ0n) is 8.21. The monoisotopic (exact) mass is 175 g/mol. The van der Waals surface area contributed by atoms with E-state index in [1.807, 2.05) is 37.3 Å². The Morgan fingerprint density at radius 2 is 1.92 bits per heavy atom. The van der Waals surface area contributed by atoms with Crippen molar-refractivity contribution in [3.63, 3.8) is 0 Å². The smallest absolute Gasteiger partial charge is 0.207 e. The van der Waals surface area contributed by atoms with Crippen LogP contribution >= 0.6 is 0 Å². The Morgan fingerprint density at radius 1 is 1.31 bits per heavy atom. The van der Waals surface area contributed by atoms with Crippen LogP contribution in [0.5, 0.6) is 0 Å². The fourth-order valence-electron chi connectivity index (χ4n) is 1.13. The fraction of sp³-hybridized carbons (Fsp3) is 0.333. The minimum atomic E-state index is 0.222. The number of carbonyl (C=O) groups excluding carboxylic acids is 1. The molecule has 0 amide bonds. The number of hydrogen-bond acceptors (Lipinski definition) is 1. The van der Waals surface area contributed by atoms with E-state index in [2.05, 4.69) is 6.92 Å². The quantitative estimate of drug-likeness (QED) is 0.507. The van der Waals surface area contributed by atoms with Crippen LogP contribution in [0.2, 0.25) is 0 Å². The molecule has 0 N–H and O–H groups in total. The Morgan fingerprint density at radius 3 is 2.46 bits per heavy atom. The average Bonchev–Trinajstić information content (AvgIpc) is 2.19. The van der Waals surface area contributed by atoms with Crippen LogP contribution in [0.25, 0.3) is 0 Å². The van der Waals surface area contributed by atoms with Gasteiger partial charge in [-0.2, -0.15) is 0 Å². The molecule has 0 aromatic heterocycles. The minimum absolute atomic E-state index is 0.222. The molecule has 1 nitrogen and oxygen atoms in total. The molecule has 1 rings (SSSR count). The lowest BCUT2D eigenvalue weighted by Gasteiger charge is -1.98. The molecule has 0 heterocycles. The lowest BCUT2D eigenvalue weighted by Crippen LogP contribution is -2.03. The highest BCUT2D eigenvalue weighted by Gasteiger charge is 2.17. The van der Waals surface area contributed by atoms with Crippen LogP contribution < -0.4 is 0 Å². The third-order valence-electron chi connectivity index (χ3n) is 2.16. The van der Waals surface area contributed by atoms with Gasteiger partial charge >= 0.3 is 0 Å². The summed E-state index contributed by atoms with van der Waals surface area (Å²) in [4.78, 5) is 11.6. The second kappa shape index (κ2) is 4.70. The summed E-state index contributed by atoms with van der Waals surface area (Å²) < 4.78 is 0. The van der Waals surface area contributed by atoms with Gasteiger partial charge in [0.05, 0.1) is 19.3 Å². The van der Waals surface area contributed by atoms with Crippen LogP contribution in [0, 0.1) is 5.92 Å². The van der Waals surface area contributed by atoms with Gasteiger partial charge in [0.25, 0.3) is 0 Å². The molecule has 1 aromatic carbocycles. The van der Waals surface area contributed by atoms with Crippen molar-refractivity contribution in [1.82, 2.24) is 0 Å². The third-order valence-corrected chi connectivity index (χ3v) is 2.16. The fourth-order valence-corrected chi connectivity index (χ4v) is 1.13. The second-order valence-corrected chi connectivity index (χ2v) is 3.28. The van der Waals surface area contributed by atoms with Crippen LogP contribution in [0.15, 0.2) is 30.3 Å². The van der Waals surface area contributed by atoms with Gasteiger partial charge < -0.3 is 0 Å². The molecule has 0 saturated carbocycles. The molecule has 0 radical (unpaired) electrons. The van der Waals surface area contributed by atoms with E-state index in [1.54, 1.807) is 0 Å². The van der Waals surface area contributed by atoms with E-state index >= 15 is 0 Å². The van der Waals surface area contributed by atoms with Gasteiger partial charge in [0.15, 0.2) is 6.42 Å². The molecule has 0 unspecified atom stereocenters. The standard InChI is InChI=1S/C12H15O/c1-3-10(2)9-12(13)11-7-5-4-6-8-11/h4-8H,3,9H2,1-2H3/q+1. The van der Waals surface area contributed by atoms with E-state index in [1.165, 1.54) is 5.92 Å². The zero-order valence-corrected chi connectivity index (χ0v) is 8.21. The predicted octanol–water partition coefficient (Wildman–Crippen LogP) is 3.26. The highest BCUT2D eigenvalue weighted by Crippen LogP contribution is 2.13. The van der Waals surface area contributed by atoms with Gasteiger partial charge in [-0.1, -0.05) is 30.3 Å². The van der Waals surface area contributed by atoms with Crippen molar-refractivity contribution in [1.29, 1.82) is 0 Å². The number of carbonyl (C=O) groups is 1. The number of Topliss-reactive ketones (excluding diaryl/α,β-unsaturated/α-hetero) is 1. The first-order valence-corrected chi connectivity index (χ1v) is 4.63. The van der Waals surface area contributed by atoms with Gasteiger partial charge in [0, 0.05) is 5.56 Å². The van der Waals surface area contributed by atoms with Crippen molar-refractivity contribution >= 4 is 5.78 Å². The maximum atomic E-state index is 11.6. The number of ketones is 1. The molecular weight excluding hydrogens is 160 g/mol. The first-order chi connectivity index (χ1) is 6.24. The van der Waals surface area contributed by atoms with E-state index < -0.39 is 0 Å². The molecule has 0 spiro atoms. The van der Waals surface area contributed by atoms with E-state index in [9.17, 15) is 4.79 Å². The Kier molecular flexibility index (Phi) is 3.56. The molecule has 0 fully saturated rings. The Balaban J connectivity index is 2.59. The summed E-state index contributed by atoms with van der Waals surface area (Å²) in [5.74, 6) is 1.47. The van der Waals surface area contributed by atoms with E-state index in [0.717, 1.165) is 12.0 Å². The summed E-state index contributed by atoms with van der Waals surface area (Å²) in [6.07, 6.45) is 1.57. The maximum Gasteiger partial charge on any atom is 0.207 e. The van der Waals surface area contributed by atoms with Gasteiger partial charge in [-0.05, 0) is 6.92 Å². The Bertz CT molecular complexity index is 264. The van der Waals surface area contributed by atoms with Crippen molar-refractivity contribution in [3.8, 4) is 0 Å².